The maximum atomic E-state index is 11.8. The molecule has 0 aliphatic heterocycles. The van der Waals surface area contributed by atoms with Crippen molar-refractivity contribution in [2.24, 2.45) is 5.10 Å². The molecule has 0 fully saturated rings. The van der Waals surface area contributed by atoms with Gasteiger partial charge in [-0.3, -0.25) is 4.79 Å². The van der Waals surface area contributed by atoms with E-state index in [4.69, 9.17) is 4.74 Å². The molecule has 0 saturated carbocycles. The van der Waals surface area contributed by atoms with Crippen LogP contribution < -0.4 is 10.2 Å². The third kappa shape index (κ3) is 5.33. The number of hydrogen-bond acceptors (Lipinski definition) is 3. The second-order valence-electron chi connectivity index (χ2n) is 4.60. The van der Waals surface area contributed by atoms with Crippen LogP contribution in [0.25, 0.3) is 0 Å². The van der Waals surface area contributed by atoms with Gasteiger partial charge in [-0.2, -0.15) is 5.10 Å². The Balaban J connectivity index is 1.85. The minimum atomic E-state index is -0.157. The second-order valence-corrected chi connectivity index (χ2v) is 5.52. The van der Waals surface area contributed by atoms with Gasteiger partial charge in [-0.25, -0.2) is 5.43 Å². The van der Waals surface area contributed by atoms with E-state index in [9.17, 15) is 4.79 Å². The monoisotopic (exact) mass is 360 g/mol. The molecule has 0 aromatic heterocycles. The third-order valence-electron chi connectivity index (χ3n) is 2.85. The molecule has 0 aliphatic rings. The van der Waals surface area contributed by atoms with Gasteiger partial charge in [0.25, 0.3) is 0 Å². The Bertz CT molecular complexity index is 654. The lowest BCUT2D eigenvalue weighted by molar-refractivity contribution is -0.120. The van der Waals surface area contributed by atoms with Crippen LogP contribution in [0, 0.1) is 0 Å². The van der Waals surface area contributed by atoms with Crippen LogP contribution in [0.2, 0.25) is 0 Å². The molecule has 22 heavy (non-hydrogen) atoms. The zero-order valence-corrected chi connectivity index (χ0v) is 13.8. The van der Waals surface area contributed by atoms with Crippen molar-refractivity contribution >= 4 is 28.1 Å². The molecule has 0 atom stereocenters. The van der Waals surface area contributed by atoms with Gasteiger partial charge in [0.2, 0.25) is 5.91 Å². The molecule has 5 heteroatoms. The summed E-state index contributed by atoms with van der Waals surface area (Å²) in [6.45, 7) is 2.56. The lowest BCUT2D eigenvalue weighted by Crippen LogP contribution is -2.19. The van der Waals surface area contributed by atoms with Crippen molar-refractivity contribution in [3.63, 3.8) is 0 Å². The topological polar surface area (TPSA) is 50.7 Å². The number of benzene rings is 2. The highest BCUT2D eigenvalue weighted by Crippen LogP contribution is 2.12. The predicted octanol–water partition coefficient (Wildman–Crippen LogP) is 3.54. The van der Waals surface area contributed by atoms with Crippen molar-refractivity contribution in [3.8, 4) is 5.75 Å². The summed E-state index contributed by atoms with van der Waals surface area (Å²) in [5.41, 5.74) is 4.35. The molecule has 2 rings (SSSR count). The summed E-state index contributed by atoms with van der Waals surface area (Å²) in [7, 11) is 0. The highest BCUT2D eigenvalue weighted by Gasteiger charge is 2.02. The number of hydrazone groups is 1. The Kier molecular flexibility index (Phi) is 6.15. The van der Waals surface area contributed by atoms with Crippen molar-refractivity contribution in [1.82, 2.24) is 5.43 Å². The van der Waals surface area contributed by atoms with E-state index >= 15 is 0 Å². The fourth-order valence-corrected chi connectivity index (χ4v) is 2.28. The van der Waals surface area contributed by atoms with E-state index in [-0.39, 0.29) is 12.3 Å². The summed E-state index contributed by atoms with van der Waals surface area (Å²) in [4.78, 5) is 11.8. The minimum absolute atomic E-state index is 0.157. The lowest BCUT2D eigenvalue weighted by Gasteiger charge is -2.04. The van der Waals surface area contributed by atoms with Crippen LogP contribution in [0.4, 0.5) is 0 Å². The molecule has 4 nitrogen and oxygen atoms in total. The van der Waals surface area contributed by atoms with Gasteiger partial charge in [0.05, 0.1) is 19.2 Å². The van der Waals surface area contributed by atoms with Gasteiger partial charge >= 0.3 is 0 Å². The van der Waals surface area contributed by atoms with Gasteiger partial charge in [0.1, 0.15) is 5.75 Å². The zero-order chi connectivity index (χ0) is 15.8. The first-order valence-corrected chi connectivity index (χ1v) is 7.76. The summed E-state index contributed by atoms with van der Waals surface area (Å²) < 4.78 is 6.33. The molecule has 0 spiro atoms. The quantitative estimate of drug-likeness (QED) is 0.632. The first kappa shape index (κ1) is 16.2. The summed E-state index contributed by atoms with van der Waals surface area (Å²) >= 11 is 3.38. The van der Waals surface area contributed by atoms with Crippen LogP contribution in [0.3, 0.4) is 0 Å². The molecule has 0 heterocycles. The SMILES string of the molecule is CCOc1ccc(CC(=O)N/N=C/c2cccc(Br)c2)cc1. The highest BCUT2D eigenvalue weighted by molar-refractivity contribution is 9.10. The number of nitrogens with one attached hydrogen (secondary N) is 1. The second kappa shape index (κ2) is 8.34. The summed E-state index contributed by atoms with van der Waals surface area (Å²) in [5, 5.41) is 3.96. The fourth-order valence-electron chi connectivity index (χ4n) is 1.86. The zero-order valence-electron chi connectivity index (χ0n) is 12.3. The van der Waals surface area contributed by atoms with E-state index in [0.717, 1.165) is 21.3 Å². The van der Waals surface area contributed by atoms with Crippen LogP contribution in [0.15, 0.2) is 58.1 Å². The van der Waals surface area contributed by atoms with Crippen LogP contribution in [-0.2, 0) is 11.2 Å². The van der Waals surface area contributed by atoms with Crippen molar-refractivity contribution in [2.45, 2.75) is 13.3 Å². The molecule has 2 aromatic carbocycles. The Morgan fingerprint density at radius 3 is 2.73 bits per heavy atom. The van der Waals surface area contributed by atoms with Gasteiger partial charge < -0.3 is 4.74 Å². The Labute approximate surface area is 138 Å². The maximum absolute atomic E-state index is 11.8. The predicted molar refractivity (Wildman–Crippen MR) is 91.2 cm³/mol. The maximum Gasteiger partial charge on any atom is 0.244 e. The molecule has 114 valence electrons. The molecule has 1 N–H and O–H groups in total. The normalized spacial score (nSPS) is 10.6. The molecule has 0 saturated heterocycles. The van der Waals surface area contributed by atoms with Crippen molar-refractivity contribution in [3.05, 3.63) is 64.1 Å². The number of amides is 1. The Morgan fingerprint density at radius 1 is 1.27 bits per heavy atom. The van der Waals surface area contributed by atoms with Gasteiger partial charge in [-0.05, 0) is 42.3 Å². The smallest absolute Gasteiger partial charge is 0.244 e. The van der Waals surface area contributed by atoms with Crippen LogP contribution >= 0.6 is 15.9 Å². The van der Waals surface area contributed by atoms with Gasteiger partial charge in [0.15, 0.2) is 0 Å². The average Bonchev–Trinajstić information content (AvgIpc) is 2.50. The third-order valence-corrected chi connectivity index (χ3v) is 3.34. The van der Waals surface area contributed by atoms with E-state index in [1.54, 1.807) is 6.21 Å². The summed E-state index contributed by atoms with van der Waals surface area (Å²) in [5.74, 6) is 0.648. The first-order chi connectivity index (χ1) is 10.7. The standard InChI is InChI=1S/C17H17BrN2O2/c1-2-22-16-8-6-13(7-9-16)11-17(21)20-19-12-14-4-3-5-15(18)10-14/h3-10,12H,2,11H2,1H3,(H,20,21)/b19-12+. The van der Waals surface area contributed by atoms with Crippen molar-refractivity contribution in [2.75, 3.05) is 6.61 Å². The van der Waals surface area contributed by atoms with Crippen molar-refractivity contribution in [1.29, 1.82) is 0 Å². The number of hydrogen-bond donors (Lipinski definition) is 1. The first-order valence-electron chi connectivity index (χ1n) is 6.96. The number of rotatable bonds is 6. The summed E-state index contributed by atoms with van der Waals surface area (Å²) in [6, 6.07) is 15.1. The lowest BCUT2D eigenvalue weighted by atomic mass is 10.1. The van der Waals surface area contributed by atoms with Crippen molar-refractivity contribution < 1.29 is 9.53 Å². The molecule has 1 amide bonds. The number of nitrogens with zero attached hydrogens (tertiary/aromatic N) is 1. The largest absolute Gasteiger partial charge is 0.494 e. The number of ether oxygens (including phenoxy) is 1. The van der Waals surface area contributed by atoms with E-state index < -0.39 is 0 Å². The Hall–Kier alpha value is -2.14. The summed E-state index contributed by atoms with van der Waals surface area (Å²) in [6.07, 6.45) is 1.89. The molecule has 2 aromatic rings. The molecule has 0 bridgehead atoms. The van der Waals surface area contributed by atoms with Gasteiger partial charge in [0, 0.05) is 4.47 Å². The molecular weight excluding hydrogens is 344 g/mol. The fraction of sp³-hybridized carbons (Fsp3) is 0.176. The Morgan fingerprint density at radius 2 is 2.05 bits per heavy atom. The number of halogens is 1. The van der Waals surface area contributed by atoms with E-state index in [1.165, 1.54) is 0 Å². The van der Waals surface area contributed by atoms with Crippen LogP contribution in [0.1, 0.15) is 18.1 Å². The minimum Gasteiger partial charge on any atom is -0.494 e. The number of carbonyl (C=O) groups is 1. The molecule has 0 unspecified atom stereocenters. The molecule has 0 radical (unpaired) electrons. The van der Waals surface area contributed by atoms with E-state index in [2.05, 4.69) is 26.5 Å². The molecule has 0 aliphatic carbocycles. The average molecular weight is 361 g/mol. The van der Waals surface area contributed by atoms with Crippen LogP contribution in [-0.4, -0.2) is 18.7 Å². The van der Waals surface area contributed by atoms with Crippen LogP contribution in [0.5, 0.6) is 5.75 Å². The van der Waals surface area contributed by atoms with E-state index in [0.29, 0.717) is 6.61 Å². The van der Waals surface area contributed by atoms with Gasteiger partial charge in [-0.15, -0.1) is 0 Å². The van der Waals surface area contributed by atoms with Gasteiger partial charge in [-0.1, -0.05) is 40.2 Å². The highest BCUT2D eigenvalue weighted by atomic mass is 79.9. The molecular formula is C17H17BrN2O2. The number of carbonyl (C=O) groups excluding carboxylic acids is 1. The van der Waals surface area contributed by atoms with E-state index in [1.807, 2.05) is 55.5 Å².